The minimum absolute atomic E-state index is 0.222. The maximum Gasteiger partial charge on any atom is 0.289 e. The molecule has 0 N–H and O–H groups in total. The molecule has 5 nitrogen and oxygen atoms in total. The summed E-state index contributed by atoms with van der Waals surface area (Å²) in [6.07, 6.45) is 0. The first kappa shape index (κ1) is 19.5. The molecule has 1 amide bonds. The first-order valence-corrected chi connectivity index (χ1v) is 8.75. The van der Waals surface area contributed by atoms with Crippen molar-refractivity contribution >= 4 is 5.91 Å². The van der Waals surface area contributed by atoms with Crippen LogP contribution in [0.5, 0.6) is 11.5 Å². The third-order valence-corrected chi connectivity index (χ3v) is 4.54. The van der Waals surface area contributed by atoms with Crippen molar-refractivity contribution in [1.82, 2.24) is 4.90 Å². The summed E-state index contributed by atoms with van der Waals surface area (Å²) in [4.78, 5) is 14.3. The lowest BCUT2D eigenvalue weighted by Crippen LogP contribution is -2.26. The Morgan fingerprint density at radius 1 is 1.04 bits per heavy atom. The van der Waals surface area contributed by atoms with Gasteiger partial charge in [-0.1, -0.05) is 0 Å². The lowest BCUT2D eigenvalue weighted by atomic mass is 10.1. The summed E-state index contributed by atoms with van der Waals surface area (Å²) >= 11 is 0. The van der Waals surface area contributed by atoms with E-state index in [1.54, 1.807) is 50.4 Å². The molecule has 3 rings (SSSR count). The topological polar surface area (TPSA) is 51.9 Å². The molecule has 0 aliphatic rings. The van der Waals surface area contributed by atoms with E-state index in [2.05, 4.69) is 0 Å². The average molecular weight is 383 g/mol. The van der Waals surface area contributed by atoms with Gasteiger partial charge in [0.25, 0.3) is 5.91 Å². The molecule has 0 saturated carbocycles. The summed E-state index contributed by atoms with van der Waals surface area (Å²) in [6.45, 7) is 2.34. The molecule has 1 aromatic heterocycles. The second-order valence-corrected chi connectivity index (χ2v) is 6.47. The molecule has 0 aliphatic heterocycles. The Bertz CT molecular complexity index is 979. The number of amides is 1. The standard InChI is InChI=1S/C22H22FNO4/c1-14-11-20(26-3)21(27-4)12-16(14)13-24(2)22(25)19-10-9-18(28-19)15-5-7-17(23)8-6-15/h5-12H,13H2,1-4H3. The van der Waals surface area contributed by atoms with Crippen molar-refractivity contribution in [2.75, 3.05) is 21.3 Å². The van der Waals surface area contributed by atoms with Crippen molar-refractivity contribution in [3.05, 3.63) is 71.2 Å². The van der Waals surface area contributed by atoms with Crippen LogP contribution in [-0.4, -0.2) is 32.1 Å². The zero-order valence-corrected chi connectivity index (χ0v) is 16.3. The third kappa shape index (κ3) is 4.01. The SMILES string of the molecule is COc1cc(C)c(CN(C)C(=O)c2ccc(-c3ccc(F)cc3)o2)cc1OC. The van der Waals surface area contributed by atoms with Crippen LogP contribution in [0.4, 0.5) is 4.39 Å². The smallest absolute Gasteiger partial charge is 0.289 e. The van der Waals surface area contributed by atoms with Crippen molar-refractivity contribution in [2.24, 2.45) is 0 Å². The van der Waals surface area contributed by atoms with E-state index in [-0.39, 0.29) is 17.5 Å². The number of halogens is 1. The maximum absolute atomic E-state index is 13.1. The number of furan rings is 1. The predicted molar refractivity (Wildman–Crippen MR) is 104 cm³/mol. The summed E-state index contributed by atoms with van der Waals surface area (Å²) < 4.78 is 29.4. The number of carbonyl (C=O) groups excluding carboxylic acids is 1. The van der Waals surface area contributed by atoms with E-state index in [1.807, 2.05) is 19.1 Å². The molecule has 146 valence electrons. The van der Waals surface area contributed by atoms with Gasteiger partial charge in [0, 0.05) is 19.2 Å². The Labute approximate surface area is 163 Å². The van der Waals surface area contributed by atoms with E-state index in [4.69, 9.17) is 13.9 Å². The quantitative estimate of drug-likeness (QED) is 0.620. The fourth-order valence-corrected chi connectivity index (χ4v) is 2.93. The van der Waals surface area contributed by atoms with Crippen LogP contribution in [0.3, 0.4) is 0 Å². The van der Waals surface area contributed by atoms with Crippen molar-refractivity contribution in [1.29, 1.82) is 0 Å². The van der Waals surface area contributed by atoms with Crippen LogP contribution in [0.15, 0.2) is 52.9 Å². The van der Waals surface area contributed by atoms with Gasteiger partial charge >= 0.3 is 0 Å². The molecule has 0 spiro atoms. The molecule has 3 aromatic rings. The molecule has 0 saturated heterocycles. The molecular weight excluding hydrogens is 361 g/mol. The normalized spacial score (nSPS) is 10.6. The molecule has 0 radical (unpaired) electrons. The fraction of sp³-hybridized carbons (Fsp3) is 0.227. The Hall–Kier alpha value is -3.28. The number of hydrogen-bond acceptors (Lipinski definition) is 4. The Kier molecular flexibility index (Phi) is 5.68. The third-order valence-electron chi connectivity index (χ3n) is 4.54. The number of aryl methyl sites for hydroxylation is 1. The molecule has 0 bridgehead atoms. The lowest BCUT2D eigenvalue weighted by Gasteiger charge is -2.19. The summed E-state index contributed by atoms with van der Waals surface area (Å²) in [5, 5.41) is 0. The van der Waals surface area contributed by atoms with Crippen LogP contribution in [-0.2, 0) is 6.54 Å². The van der Waals surface area contributed by atoms with Crippen LogP contribution in [0.2, 0.25) is 0 Å². The number of rotatable bonds is 6. The number of carbonyl (C=O) groups is 1. The van der Waals surface area contributed by atoms with Crippen LogP contribution in [0.25, 0.3) is 11.3 Å². The number of methoxy groups -OCH3 is 2. The Morgan fingerprint density at radius 3 is 2.32 bits per heavy atom. The number of ether oxygens (including phenoxy) is 2. The van der Waals surface area contributed by atoms with Crippen molar-refractivity contribution in [2.45, 2.75) is 13.5 Å². The van der Waals surface area contributed by atoms with Crippen LogP contribution >= 0.6 is 0 Å². The van der Waals surface area contributed by atoms with Crippen molar-refractivity contribution in [3.63, 3.8) is 0 Å². The zero-order valence-electron chi connectivity index (χ0n) is 16.3. The van der Waals surface area contributed by atoms with Crippen molar-refractivity contribution < 1.29 is 23.1 Å². The molecule has 0 fully saturated rings. The van der Waals surface area contributed by atoms with E-state index in [0.717, 1.165) is 11.1 Å². The second kappa shape index (κ2) is 8.17. The maximum atomic E-state index is 13.1. The van der Waals surface area contributed by atoms with Crippen LogP contribution < -0.4 is 9.47 Å². The highest BCUT2D eigenvalue weighted by atomic mass is 19.1. The molecule has 6 heteroatoms. The van der Waals surface area contributed by atoms with E-state index >= 15 is 0 Å². The lowest BCUT2D eigenvalue weighted by molar-refractivity contribution is 0.0754. The van der Waals surface area contributed by atoms with E-state index in [9.17, 15) is 9.18 Å². The zero-order chi connectivity index (χ0) is 20.3. The van der Waals surface area contributed by atoms with E-state index in [1.165, 1.54) is 12.1 Å². The largest absolute Gasteiger partial charge is 0.493 e. The number of nitrogens with zero attached hydrogens (tertiary/aromatic N) is 1. The molecular formula is C22H22FNO4. The van der Waals surface area contributed by atoms with E-state index in [0.29, 0.717) is 29.4 Å². The molecule has 1 heterocycles. The highest BCUT2D eigenvalue weighted by molar-refractivity contribution is 5.92. The predicted octanol–water partition coefficient (Wildman–Crippen LogP) is 4.68. The van der Waals surface area contributed by atoms with Crippen LogP contribution in [0, 0.1) is 12.7 Å². The van der Waals surface area contributed by atoms with Gasteiger partial charge in [-0.05, 0) is 66.6 Å². The first-order chi connectivity index (χ1) is 13.4. The van der Waals surface area contributed by atoms with Gasteiger partial charge in [0.2, 0.25) is 0 Å². The van der Waals surface area contributed by atoms with Gasteiger partial charge in [-0.15, -0.1) is 0 Å². The van der Waals surface area contributed by atoms with Gasteiger partial charge in [0.1, 0.15) is 11.6 Å². The van der Waals surface area contributed by atoms with Gasteiger partial charge in [0.05, 0.1) is 14.2 Å². The highest BCUT2D eigenvalue weighted by Crippen LogP contribution is 2.31. The molecule has 0 atom stereocenters. The number of hydrogen-bond donors (Lipinski definition) is 0. The Morgan fingerprint density at radius 2 is 1.68 bits per heavy atom. The fourth-order valence-electron chi connectivity index (χ4n) is 2.93. The van der Waals surface area contributed by atoms with Gasteiger partial charge in [-0.25, -0.2) is 4.39 Å². The Balaban J connectivity index is 1.77. The molecule has 2 aromatic carbocycles. The molecule has 28 heavy (non-hydrogen) atoms. The van der Waals surface area contributed by atoms with Crippen LogP contribution in [0.1, 0.15) is 21.7 Å². The molecule has 0 aliphatic carbocycles. The van der Waals surface area contributed by atoms with Gasteiger partial charge in [-0.2, -0.15) is 0 Å². The second-order valence-electron chi connectivity index (χ2n) is 6.47. The monoisotopic (exact) mass is 383 g/mol. The minimum Gasteiger partial charge on any atom is -0.493 e. The van der Waals surface area contributed by atoms with Gasteiger partial charge in [0.15, 0.2) is 17.3 Å². The minimum atomic E-state index is -0.323. The summed E-state index contributed by atoms with van der Waals surface area (Å²) in [7, 11) is 4.87. The van der Waals surface area contributed by atoms with E-state index < -0.39 is 0 Å². The first-order valence-electron chi connectivity index (χ1n) is 8.75. The van der Waals surface area contributed by atoms with Crippen molar-refractivity contribution in [3.8, 4) is 22.8 Å². The average Bonchev–Trinajstić information content (AvgIpc) is 3.19. The summed E-state index contributed by atoms with van der Waals surface area (Å²) in [5.74, 6) is 1.42. The number of benzene rings is 2. The van der Waals surface area contributed by atoms with Gasteiger partial charge < -0.3 is 18.8 Å². The summed E-state index contributed by atoms with van der Waals surface area (Å²) in [6, 6.07) is 13.0. The van der Waals surface area contributed by atoms with Gasteiger partial charge in [-0.3, -0.25) is 4.79 Å². The molecule has 0 unspecified atom stereocenters. The highest BCUT2D eigenvalue weighted by Gasteiger charge is 2.19. The summed E-state index contributed by atoms with van der Waals surface area (Å²) in [5.41, 5.74) is 2.64.